The van der Waals surface area contributed by atoms with Crippen LogP contribution in [0, 0.1) is 0 Å². The van der Waals surface area contributed by atoms with E-state index in [2.05, 4.69) is 59.5 Å². The first-order chi connectivity index (χ1) is 13.9. The molecule has 1 saturated carbocycles. The van der Waals surface area contributed by atoms with Crippen molar-refractivity contribution in [3.63, 3.8) is 0 Å². The number of amides is 3. The normalized spacial score (nSPS) is 30.8. The topological polar surface area (TPSA) is 55.9 Å². The molecule has 0 aromatic heterocycles. The fraction of sp³-hybridized carbons (Fsp3) is 0.652. The van der Waals surface area contributed by atoms with E-state index in [1.807, 2.05) is 4.90 Å². The van der Waals surface area contributed by atoms with Gasteiger partial charge in [0.25, 0.3) is 0 Å². The second-order valence-electron chi connectivity index (χ2n) is 9.37. The van der Waals surface area contributed by atoms with Crippen LogP contribution in [0.25, 0.3) is 0 Å². The Balaban J connectivity index is 1.44. The average molecular weight is 399 g/mol. The van der Waals surface area contributed by atoms with Crippen LogP contribution in [-0.2, 0) is 10.3 Å². The first-order valence-electron chi connectivity index (χ1n) is 10.9. The highest BCUT2D eigenvalue weighted by molar-refractivity contribution is 5.78. The summed E-state index contributed by atoms with van der Waals surface area (Å²) >= 11 is 0. The Morgan fingerprint density at radius 3 is 2.24 bits per heavy atom. The fourth-order valence-corrected chi connectivity index (χ4v) is 5.69. The molecular weight excluding hydrogens is 364 g/mol. The Hall–Kier alpha value is -2.08. The number of nitrogens with zero attached hydrogens (tertiary/aromatic N) is 3. The molecule has 1 spiro atoms. The van der Waals surface area contributed by atoms with E-state index in [1.54, 1.807) is 6.92 Å². The lowest BCUT2D eigenvalue weighted by Gasteiger charge is -2.49. The monoisotopic (exact) mass is 398 g/mol. The first kappa shape index (κ1) is 20.2. The minimum Gasteiger partial charge on any atom is -0.343 e. The van der Waals surface area contributed by atoms with E-state index < -0.39 is 0 Å². The van der Waals surface area contributed by atoms with E-state index in [0.717, 1.165) is 58.2 Å². The number of hydrogen-bond acceptors (Lipinski definition) is 3. The number of benzene rings is 1. The van der Waals surface area contributed by atoms with E-state index in [1.165, 1.54) is 5.56 Å². The molecule has 1 aliphatic carbocycles. The molecule has 2 saturated heterocycles. The van der Waals surface area contributed by atoms with Crippen molar-refractivity contribution in [3.8, 4) is 0 Å². The van der Waals surface area contributed by atoms with Crippen LogP contribution >= 0.6 is 0 Å². The summed E-state index contributed by atoms with van der Waals surface area (Å²) < 4.78 is 0. The fourth-order valence-electron chi connectivity index (χ4n) is 5.69. The molecule has 4 rings (SSSR count). The molecule has 29 heavy (non-hydrogen) atoms. The molecule has 2 aliphatic heterocycles. The summed E-state index contributed by atoms with van der Waals surface area (Å²) in [6.45, 7) is 3.95. The molecular formula is C23H34N4O2. The predicted octanol–water partition coefficient (Wildman–Crippen LogP) is 2.79. The molecule has 0 bridgehead atoms. The molecule has 3 fully saturated rings. The SMILES string of the molecule is CC(=O)N1CCC(N2C[C@]3(CC[C@@](c4ccccc4)(N(C)C)CC3)NC2=O)CC1. The van der Waals surface area contributed by atoms with Crippen LogP contribution < -0.4 is 5.32 Å². The third kappa shape index (κ3) is 3.63. The minimum atomic E-state index is -0.108. The van der Waals surface area contributed by atoms with Gasteiger partial charge in [-0.3, -0.25) is 9.69 Å². The summed E-state index contributed by atoms with van der Waals surface area (Å²) in [7, 11) is 4.35. The van der Waals surface area contributed by atoms with Gasteiger partial charge >= 0.3 is 6.03 Å². The number of carbonyl (C=O) groups excluding carboxylic acids is 2. The Bertz CT molecular complexity index is 747. The molecule has 3 amide bonds. The molecule has 1 aromatic carbocycles. The van der Waals surface area contributed by atoms with E-state index in [0.29, 0.717) is 0 Å². The van der Waals surface area contributed by atoms with Crippen LogP contribution in [0.3, 0.4) is 0 Å². The molecule has 2 heterocycles. The number of piperidine rings is 1. The molecule has 0 atom stereocenters. The van der Waals surface area contributed by atoms with Gasteiger partial charge in [0.15, 0.2) is 0 Å². The Morgan fingerprint density at radius 2 is 1.69 bits per heavy atom. The molecule has 1 N–H and O–H groups in total. The largest absolute Gasteiger partial charge is 0.343 e. The maximum absolute atomic E-state index is 12.9. The summed E-state index contributed by atoms with van der Waals surface area (Å²) in [4.78, 5) is 30.8. The molecule has 0 radical (unpaired) electrons. The number of hydrogen-bond donors (Lipinski definition) is 1. The van der Waals surface area contributed by atoms with Gasteiger partial charge in [0.05, 0.1) is 5.54 Å². The predicted molar refractivity (Wildman–Crippen MR) is 114 cm³/mol. The second-order valence-corrected chi connectivity index (χ2v) is 9.37. The van der Waals surface area contributed by atoms with Crippen LogP contribution in [0.2, 0.25) is 0 Å². The van der Waals surface area contributed by atoms with Crippen molar-refractivity contribution in [2.75, 3.05) is 33.7 Å². The van der Waals surface area contributed by atoms with Gasteiger partial charge in [-0.25, -0.2) is 4.79 Å². The van der Waals surface area contributed by atoms with Gasteiger partial charge in [-0.1, -0.05) is 30.3 Å². The lowest BCUT2D eigenvalue weighted by molar-refractivity contribution is -0.130. The van der Waals surface area contributed by atoms with Gasteiger partial charge in [-0.05, 0) is 58.2 Å². The van der Waals surface area contributed by atoms with Crippen LogP contribution in [0.4, 0.5) is 4.79 Å². The standard InChI is InChI=1S/C23H34N4O2/c1-18(28)26-15-9-20(10-16-26)27-17-22(24-21(27)29)11-13-23(14-12-22,25(2)3)19-7-5-4-6-8-19/h4-8,20H,9-17H2,1-3H3,(H,24,29)/t22-,23-. The van der Waals surface area contributed by atoms with Gasteiger partial charge in [0, 0.05) is 38.1 Å². The zero-order valence-electron chi connectivity index (χ0n) is 18.0. The summed E-state index contributed by atoms with van der Waals surface area (Å²) in [6, 6.07) is 11.1. The Kier molecular flexibility index (Phi) is 5.32. The molecule has 1 aromatic rings. The highest BCUT2D eigenvalue weighted by Crippen LogP contribution is 2.46. The van der Waals surface area contributed by atoms with Gasteiger partial charge in [0.2, 0.25) is 5.91 Å². The van der Waals surface area contributed by atoms with E-state index in [4.69, 9.17) is 0 Å². The van der Waals surface area contributed by atoms with Gasteiger partial charge < -0.3 is 15.1 Å². The second kappa shape index (κ2) is 7.63. The Labute approximate surface area is 174 Å². The minimum absolute atomic E-state index is 0.0392. The first-order valence-corrected chi connectivity index (χ1v) is 10.9. The molecule has 158 valence electrons. The Morgan fingerprint density at radius 1 is 1.07 bits per heavy atom. The summed E-state index contributed by atoms with van der Waals surface area (Å²) in [5, 5.41) is 3.37. The van der Waals surface area contributed by atoms with Crippen LogP contribution in [0.15, 0.2) is 30.3 Å². The number of likely N-dealkylation sites (tertiary alicyclic amines) is 1. The van der Waals surface area contributed by atoms with Crippen molar-refractivity contribution in [2.24, 2.45) is 0 Å². The maximum atomic E-state index is 12.9. The van der Waals surface area contributed by atoms with Gasteiger partial charge in [0.1, 0.15) is 0 Å². The lowest BCUT2D eigenvalue weighted by Crippen LogP contribution is -2.54. The number of urea groups is 1. The molecule has 6 nitrogen and oxygen atoms in total. The lowest BCUT2D eigenvalue weighted by atomic mass is 9.69. The van der Waals surface area contributed by atoms with Crippen molar-refractivity contribution in [1.82, 2.24) is 20.0 Å². The highest BCUT2D eigenvalue weighted by Gasteiger charge is 2.51. The zero-order chi connectivity index (χ0) is 20.6. The highest BCUT2D eigenvalue weighted by atomic mass is 16.2. The van der Waals surface area contributed by atoms with Crippen LogP contribution in [0.5, 0.6) is 0 Å². The maximum Gasteiger partial charge on any atom is 0.318 e. The van der Waals surface area contributed by atoms with Crippen molar-refractivity contribution in [1.29, 1.82) is 0 Å². The molecule has 3 aliphatic rings. The molecule has 0 unspecified atom stereocenters. The number of rotatable bonds is 3. The third-order valence-electron chi connectivity index (χ3n) is 7.66. The van der Waals surface area contributed by atoms with Crippen LogP contribution in [0.1, 0.15) is 51.0 Å². The molecule has 6 heteroatoms. The summed E-state index contributed by atoms with van der Waals surface area (Å²) in [5.41, 5.74) is 1.30. The van der Waals surface area contributed by atoms with Gasteiger partial charge in [-0.15, -0.1) is 0 Å². The van der Waals surface area contributed by atoms with Crippen molar-refractivity contribution >= 4 is 11.9 Å². The zero-order valence-corrected chi connectivity index (χ0v) is 18.0. The number of nitrogens with one attached hydrogen (secondary N) is 1. The smallest absolute Gasteiger partial charge is 0.318 e. The van der Waals surface area contributed by atoms with Crippen molar-refractivity contribution < 1.29 is 9.59 Å². The number of carbonyl (C=O) groups is 2. The quantitative estimate of drug-likeness (QED) is 0.852. The van der Waals surface area contributed by atoms with Crippen molar-refractivity contribution in [2.45, 2.75) is 62.6 Å². The van der Waals surface area contributed by atoms with Gasteiger partial charge in [-0.2, -0.15) is 0 Å². The van der Waals surface area contributed by atoms with Crippen molar-refractivity contribution in [3.05, 3.63) is 35.9 Å². The third-order valence-corrected chi connectivity index (χ3v) is 7.66. The van der Waals surface area contributed by atoms with E-state index >= 15 is 0 Å². The average Bonchev–Trinajstić information content (AvgIpc) is 3.05. The van der Waals surface area contributed by atoms with Crippen LogP contribution in [-0.4, -0.2) is 71.9 Å². The van der Waals surface area contributed by atoms with E-state index in [-0.39, 0.29) is 29.1 Å². The summed E-state index contributed by atoms with van der Waals surface area (Å²) in [6.07, 6.45) is 5.84. The summed E-state index contributed by atoms with van der Waals surface area (Å²) in [5.74, 6) is 0.138. The van der Waals surface area contributed by atoms with E-state index in [9.17, 15) is 9.59 Å².